The Balaban J connectivity index is 1.76. The largest absolute Gasteiger partial charge is 0.306 e. The molecule has 1 aliphatic heterocycles. The van der Waals surface area contributed by atoms with Gasteiger partial charge in [-0.2, -0.15) is 5.10 Å². The number of hydrogen-bond acceptors (Lipinski definition) is 3. The molecule has 0 aliphatic carbocycles. The molecule has 0 spiro atoms. The van der Waals surface area contributed by atoms with Crippen LogP contribution in [0.1, 0.15) is 29.3 Å². The molecule has 0 saturated carbocycles. The van der Waals surface area contributed by atoms with E-state index in [1.54, 1.807) is 0 Å². The number of aryl methyl sites for hydroxylation is 1. The number of aromatic amines is 1. The van der Waals surface area contributed by atoms with E-state index in [2.05, 4.69) is 27.6 Å². The molecule has 1 aromatic heterocycles. The fourth-order valence-corrected chi connectivity index (χ4v) is 3.65. The molecule has 2 heterocycles. The second-order valence-corrected chi connectivity index (χ2v) is 6.35. The molecule has 0 bridgehead atoms. The van der Waals surface area contributed by atoms with E-state index in [0.29, 0.717) is 6.04 Å². The van der Waals surface area contributed by atoms with Gasteiger partial charge in [0.2, 0.25) is 0 Å². The number of H-pyrrole nitrogens is 1. The molecule has 0 amide bonds. The van der Waals surface area contributed by atoms with Gasteiger partial charge in [0.1, 0.15) is 0 Å². The van der Waals surface area contributed by atoms with E-state index in [1.165, 1.54) is 16.0 Å². The summed E-state index contributed by atoms with van der Waals surface area (Å²) in [5, 5.41) is 11.5. The van der Waals surface area contributed by atoms with Gasteiger partial charge in [0.25, 0.3) is 0 Å². The van der Waals surface area contributed by atoms with Crippen LogP contribution in [0.25, 0.3) is 0 Å². The van der Waals surface area contributed by atoms with Crippen LogP contribution in [-0.2, 0) is 6.54 Å². The first-order valence-electron chi connectivity index (χ1n) is 6.38. The number of hydrogen-bond donors (Lipinski definition) is 2. The molecule has 1 aromatic carbocycles. The summed E-state index contributed by atoms with van der Waals surface area (Å²) in [7, 11) is 0. The van der Waals surface area contributed by atoms with Gasteiger partial charge in [0, 0.05) is 33.8 Å². The van der Waals surface area contributed by atoms with Crippen LogP contribution in [0.15, 0.2) is 29.3 Å². The van der Waals surface area contributed by atoms with Crippen LogP contribution < -0.4 is 5.32 Å². The first kappa shape index (κ1) is 13.0. The smallest absolute Gasteiger partial charge is 0.0535 e. The Morgan fingerprint density at radius 3 is 3.21 bits per heavy atom. The molecule has 100 valence electrons. The summed E-state index contributed by atoms with van der Waals surface area (Å²) in [5.41, 5.74) is 3.68. The molecule has 1 aliphatic rings. The number of fused-ring (bicyclic) bond motifs is 1. The van der Waals surface area contributed by atoms with Gasteiger partial charge in [-0.3, -0.25) is 5.10 Å². The minimum absolute atomic E-state index is 0.379. The monoisotopic (exact) mass is 293 g/mol. The lowest BCUT2D eigenvalue weighted by Crippen LogP contribution is -2.24. The van der Waals surface area contributed by atoms with Crippen molar-refractivity contribution in [2.75, 3.05) is 5.75 Å². The first-order valence-corrected chi connectivity index (χ1v) is 7.75. The molecule has 1 unspecified atom stereocenters. The number of nitrogens with zero attached hydrogens (tertiary/aromatic N) is 1. The van der Waals surface area contributed by atoms with Crippen molar-refractivity contribution in [1.82, 2.24) is 15.5 Å². The van der Waals surface area contributed by atoms with Gasteiger partial charge in [-0.15, -0.1) is 11.8 Å². The molecule has 19 heavy (non-hydrogen) atoms. The number of halogens is 1. The lowest BCUT2D eigenvalue weighted by atomic mass is 10.0. The van der Waals surface area contributed by atoms with Gasteiger partial charge in [-0.05, 0) is 42.9 Å². The van der Waals surface area contributed by atoms with E-state index in [4.69, 9.17) is 11.6 Å². The van der Waals surface area contributed by atoms with E-state index in [0.717, 1.165) is 29.4 Å². The summed E-state index contributed by atoms with van der Waals surface area (Å²) in [6.07, 6.45) is 3.02. The maximum Gasteiger partial charge on any atom is 0.0535 e. The fraction of sp³-hybridized carbons (Fsp3) is 0.357. The summed E-state index contributed by atoms with van der Waals surface area (Å²) >= 11 is 8.03. The zero-order valence-electron chi connectivity index (χ0n) is 10.7. The predicted molar refractivity (Wildman–Crippen MR) is 79.7 cm³/mol. The maximum atomic E-state index is 6.11. The normalized spacial score (nSPS) is 18.3. The highest BCUT2D eigenvalue weighted by atomic mass is 35.5. The van der Waals surface area contributed by atoms with Crippen molar-refractivity contribution in [1.29, 1.82) is 0 Å². The van der Waals surface area contributed by atoms with Crippen molar-refractivity contribution in [3.63, 3.8) is 0 Å². The van der Waals surface area contributed by atoms with Crippen molar-refractivity contribution < 1.29 is 0 Å². The SMILES string of the molecule is Cc1[nH]ncc1CNC1CCSc2ccc(Cl)cc21. The van der Waals surface area contributed by atoms with Crippen LogP contribution in [0.2, 0.25) is 5.02 Å². The zero-order chi connectivity index (χ0) is 13.2. The van der Waals surface area contributed by atoms with E-state index >= 15 is 0 Å². The third-order valence-corrected chi connectivity index (χ3v) is 4.84. The van der Waals surface area contributed by atoms with Crippen molar-refractivity contribution in [3.05, 3.63) is 46.2 Å². The van der Waals surface area contributed by atoms with Gasteiger partial charge in [-0.25, -0.2) is 0 Å². The fourth-order valence-electron chi connectivity index (χ4n) is 2.36. The molecule has 0 radical (unpaired) electrons. The summed E-state index contributed by atoms with van der Waals surface area (Å²) in [5.74, 6) is 1.15. The minimum Gasteiger partial charge on any atom is -0.306 e. The third-order valence-electron chi connectivity index (χ3n) is 3.48. The Hall–Kier alpha value is -0.970. The third kappa shape index (κ3) is 2.81. The average Bonchev–Trinajstić information content (AvgIpc) is 2.82. The standard InChI is InChI=1S/C14H16ClN3S/c1-9-10(8-17-18-9)7-16-13-4-5-19-14-3-2-11(15)6-12(13)14/h2-3,6,8,13,16H,4-5,7H2,1H3,(H,17,18). The zero-order valence-corrected chi connectivity index (χ0v) is 12.3. The van der Waals surface area contributed by atoms with Crippen LogP contribution in [0, 0.1) is 6.92 Å². The summed E-state index contributed by atoms with van der Waals surface area (Å²) in [6.45, 7) is 2.88. The molecule has 2 N–H and O–H groups in total. The highest BCUT2D eigenvalue weighted by Gasteiger charge is 2.20. The molecular formula is C14H16ClN3S. The molecule has 2 aromatic rings. The first-order chi connectivity index (χ1) is 9.24. The molecular weight excluding hydrogens is 278 g/mol. The Morgan fingerprint density at radius 2 is 2.42 bits per heavy atom. The molecule has 1 atom stereocenters. The van der Waals surface area contributed by atoms with Crippen molar-refractivity contribution in [2.45, 2.75) is 30.8 Å². The maximum absolute atomic E-state index is 6.11. The number of thioether (sulfide) groups is 1. The van der Waals surface area contributed by atoms with Crippen LogP contribution in [0.4, 0.5) is 0 Å². The minimum atomic E-state index is 0.379. The van der Waals surface area contributed by atoms with Crippen molar-refractivity contribution >= 4 is 23.4 Å². The summed E-state index contributed by atoms with van der Waals surface area (Å²) < 4.78 is 0. The van der Waals surface area contributed by atoms with Gasteiger partial charge in [0.05, 0.1) is 6.20 Å². The molecule has 3 rings (SSSR count). The summed E-state index contributed by atoms with van der Waals surface area (Å²) in [6, 6.07) is 6.56. The predicted octanol–water partition coefficient (Wildman–Crippen LogP) is 3.70. The highest BCUT2D eigenvalue weighted by molar-refractivity contribution is 7.99. The summed E-state index contributed by atoms with van der Waals surface area (Å²) in [4.78, 5) is 1.34. The highest BCUT2D eigenvalue weighted by Crippen LogP contribution is 2.37. The average molecular weight is 294 g/mol. The number of benzene rings is 1. The number of aromatic nitrogens is 2. The van der Waals surface area contributed by atoms with Crippen LogP contribution >= 0.6 is 23.4 Å². The van der Waals surface area contributed by atoms with Gasteiger partial charge in [-0.1, -0.05) is 11.6 Å². The molecule has 0 saturated heterocycles. The molecule has 3 nitrogen and oxygen atoms in total. The second kappa shape index (κ2) is 5.57. The van der Waals surface area contributed by atoms with Gasteiger partial charge >= 0.3 is 0 Å². The topological polar surface area (TPSA) is 40.7 Å². The molecule has 5 heteroatoms. The van der Waals surface area contributed by atoms with E-state index in [-0.39, 0.29) is 0 Å². The lowest BCUT2D eigenvalue weighted by Gasteiger charge is -2.26. The Labute approximate surface area is 122 Å². The second-order valence-electron chi connectivity index (χ2n) is 4.77. The van der Waals surface area contributed by atoms with Crippen LogP contribution in [-0.4, -0.2) is 16.0 Å². The van der Waals surface area contributed by atoms with E-state index < -0.39 is 0 Å². The van der Waals surface area contributed by atoms with Crippen molar-refractivity contribution in [2.24, 2.45) is 0 Å². The van der Waals surface area contributed by atoms with Crippen molar-refractivity contribution in [3.8, 4) is 0 Å². The Bertz CT molecular complexity index is 582. The van der Waals surface area contributed by atoms with Gasteiger partial charge < -0.3 is 5.32 Å². The lowest BCUT2D eigenvalue weighted by molar-refractivity contribution is 0.509. The van der Waals surface area contributed by atoms with Crippen LogP contribution in [0.3, 0.4) is 0 Å². The van der Waals surface area contributed by atoms with Crippen LogP contribution in [0.5, 0.6) is 0 Å². The quantitative estimate of drug-likeness (QED) is 0.906. The Kier molecular flexibility index (Phi) is 3.82. The van der Waals surface area contributed by atoms with Gasteiger partial charge in [0.15, 0.2) is 0 Å². The number of rotatable bonds is 3. The molecule has 0 fully saturated rings. The van der Waals surface area contributed by atoms with E-state index in [9.17, 15) is 0 Å². The number of nitrogens with one attached hydrogen (secondary N) is 2. The Morgan fingerprint density at radius 1 is 1.53 bits per heavy atom. The van der Waals surface area contributed by atoms with E-state index in [1.807, 2.05) is 30.9 Å².